The van der Waals surface area contributed by atoms with Crippen LogP contribution in [0.3, 0.4) is 0 Å². The minimum atomic E-state index is -0.980. The maximum atomic E-state index is 12.3. The molecule has 1 heterocycles. The molecule has 0 saturated carbocycles. The largest absolute Gasteiger partial charge is 0.518 e. The molecule has 0 atom stereocenters. The van der Waals surface area contributed by atoms with E-state index in [0.29, 0.717) is 16.7 Å². The summed E-state index contributed by atoms with van der Waals surface area (Å²) in [6.07, 6.45) is 8.91. The summed E-state index contributed by atoms with van der Waals surface area (Å²) in [4.78, 5) is 38.0. The molecule has 2 aromatic carbocycles. The number of amides is 1. The lowest BCUT2D eigenvalue weighted by Gasteiger charge is -2.10. The Kier molecular flexibility index (Phi) is 10.8. The minimum Gasteiger partial charge on any atom is -0.508 e. The van der Waals surface area contributed by atoms with Crippen LogP contribution in [0.15, 0.2) is 84.9 Å². The second-order valence-corrected chi connectivity index (χ2v) is 8.91. The van der Waals surface area contributed by atoms with Gasteiger partial charge in [-0.05, 0) is 53.6 Å². The number of methoxy groups -OCH3 is 2. The van der Waals surface area contributed by atoms with Gasteiger partial charge in [0, 0.05) is 26.2 Å². The number of phenolic OH excluding ortho intramolecular Hbond substituents is 1. The molecule has 0 aliphatic rings. The van der Waals surface area contributed by atoms with Gasteiger partial charge in [0.05, 0.1) is 14.2 Å². The fourth-order valence-corrected chi connectivity index (χ4v) is 3.51. The van der Waals surface area contributed by atoms with Crippen LogP contribution < -0.4 is 18.8 Å². The number of hydrogen-bond acceptors (Lipinski definition) is 9. The summed E-state index contributed by atoms with van der Waals surface area (Å²) in [6, 6.07) is 12.6. The molecule has 42 heavy (non-hydrogen) atoms. The molecule has 0 aliphatic heterocycles. The first kappa shape index (κ1) is 31.0. The summed E-state index contributed by atoms with van der Waals surface area (Å²) in [6.45, 7) is -0.181. The molecular weight excluding hydrogens is 544 g/mol. The molecule has 1 amide bonds. The van der Waals surface area contributed by atoms with Crippen molar-refractivity contribution >= 4 is 30.0 Å². The van der Waals surface area contributed by atoms with Gasteiger partial charge >= 0.3 is 6.16 Å². The van der Waals surface area contributed by atoms with Crippen LogP contribution in [-0.4, -0.2) is 61.3 Å². The van der Waals surface area contributed by atoms with Gasteiger partial charge in [-0.25, -0.2) is 4.79 Å². The molecule has 0 spiro atoms. The Labute approximate surface area is 242 Å². The van der Waals surface area contributed by atoms with Crippen molar-refractivity contribution in [2.75, 3.05) is 28.3 Å². The zero-order valence-corrected chi connectivity index (χ0v) is 23.5. The number of carbonyl (C=O) groups excluding carboxylic acids is 3. The van der Waals surface area contributed by atoms with Gasteiger partial charge in [0.1, 0.15) is 11.3 Å². The zero-order chi connectivity index (χ0) is 30.6. The minimum absolute atomic E-state index is 0.0177. The molecule has 1 aromatic heterocycles. The van der Waals surface area contributed by atoms with Crippen LogP contribution in [0, 0.1) is 0 Å². The van der Waals surface area contributed by atoms with Crippen molar-refractivity contribution in [2.45, 2.75) is 6.73 Å². The molecule has 11 nitrogen and oxygen atoms in total. The van der Waals surface area contributed by atoms with Crippen LogP contribution in [0.25, 0.3) is 12.2 Å². The predicted octanol–water partition coefficient (Wildman–Crippen LogP) is 4.31. The molecule has 0 radical (unpaired) electrons. The zero-order valence-electron chi connectivity index (χ0n) is 23.5. The standard InChI is InChI=1S/C31H30N2O9/c1-32(2)30(37)23-6-5-15-33(19-23)20-41-31(38)42-27-14-10-22(17-29(27)40-4)8-12-25(35)18-24(34)11-7-21-9-13-26(36)28(16-21)39-3/h5-19H,20H2,1-4H3,(H-,34,35,36)/p+1. The Morgan fingerprint density at radius 3 is 2.26 bits per heavy atom. The summed E-state index contributed by atoms with van der Waals surface area (Å²) >= 11 is 0. The smallest absolute Gasteiger partial charge is 0.508 e. The highest BCUT2D eigenvalue weighted by Gasteiger charge is 2.16. The highest BCUT2D eigenvalue weighted by molar-refractivity contribution is 6.02. The van der Waals surface area contributed by atoms with Gasteiger partial charge in [-0.15, -0.1) is 0 Å². The van der Waals surface area contributed by atoms with E-state index >= 15 is 0 Å². The number of benzene rings is 2. The molecule has 0 bridgehead atoms. The van der Waals surface area contributed by atoms with E-state index in [2.05, 4.69) is 0 Å². The number of ketones is 1. The van der Waals surface area contributed by atoms with Crippen LogP contribution in [0.1, 0.15) is 21.5 Å². The van der Waals surface area contributed by atoms with Gasteiger partial charge in [-0.3, -0.25) is 9.59 Å². The number of aliphatic hydroxyl groups is 1. The van der Waals surface area contributed by atoms with Crippen LogP contribution in [-0.2, 0) is 16.3 Å². The second kappa shape index (κ2) is 14.7. The number of aromatic hydroxyl groups is 1. The Hall–Kier alpha value is -5.58. The fourth-order valence-electron chi connectivity index (χ4n) is 3.51. The lowest BCUT2D eigenvalue weighted by atomic mass is 10.1. The molecule has 2 N–H and O–H groups in total. The van der Waals surface area contributed by atoms with E-state index < -0.39 is 11.9 Å². The number of hydrogen-bond donors (Lipinski definition) is 2. The molecule has 0 aliphatic carbocycles. The summed E-state index contributed by atoms with van der Waals surface area (Å²) in [5, 5.41) is 19.8. The van der Waals surface area contributed by atoms with Gasteiger partial charge in [-0.1, -0.05) is 24.3 Å². The van der Waals surface area contributed by atoms with Gasteiger partial charge in [0.25, 0.3) is 12.6 Å². The Balaban J connectivity index is 1.59. The highest BCUT2D eigenvalue weighted by Crippen LogP contribution is 2.29. The number of carbonyl (C=O) groups is 3. The molecule has 3 rings (SSSR count). The van der Waals surface area contributed by atoms with Gasteiger partial charge < -0.3 is 34.1 Å². The maximum Gasteiger partial charge on any atom is 0.518 e. The van der Waals surface area contributed by atoms with Crippen molar-refractivity contribution in [3.63, 3.8) is 0 Å². The average Bonchev–Trinajstić information content (AvgIpc) is 2.98. The van der Waals surface area contributed by atoms with Crippen LogP contribution in [0.4, 0.5) is 4.79 Å². The van der Waals surface area contributed by atoms with Gasteiger partial charge in [-0.2, -0.15) is 4.57 Å². The van der Waals surface area contributed by atoms with Gasteiger partial charge in [0.15, 0.2) is 41.2 Å². The first-order chi connectivity index (χ1) is 20.1. The number of aromatic nitrogens is 1. The normalized spacial score (nSPS) is 11.4. The number of nitrogens with zero attached hydrogens (tertiary/aromatic N) is 2. The van der Waals surface area contributed by atoms with E-state index in [1.807, 2.05) is 0 Å². The summed E-state index contributed by atoms with van der Waals surface area (Å²) in [5.74, 6) is -0.350. The first-order valence-corrected chi connectivity index (χ1v) is 12.5. The number of aliphatic hydroxyl groups excluding tert-OH is 1. The lowest BCUT2D eigenvalue weighted by molar-refractivity contribution is -0.727. The fraction of sp³-hybridized carbons (Fsp3) is 0.161. The molecule has 0 unspecified atom stereocenters. The summed E-state index contributed by atoms with van der Waals surface area (Å²) in [7, 11) is 6.10. The Morgan fingerprint density at radius 1 is 0.905 bits per heavy atom. The molecular formula is C31H31N2O9+. The third kappa shape index (κ3) is 8.98. The van der Waals surface area contributed by atoms with Crippen molar-refractivity contribution in [3.8, 4) is 23.0 Å². The van der Waals surface area contributed by atoms with E-state index in [4.69, 9.17) is 18.9 Å². The average molecular weight is 576 g/mol. The van der Waals surface area contributed by atoms with Crippen molar-refractivity contribution < 1.29 is 48.1 Å². The van der Waals surface area contributed by atoms with E-state index in [1.54, 1.807) is 62.9 Å². The van der Waals surface area contributed by atoms with Gasteiger partial charge in [0.2, 0.25) is 0 Å². The lowest BCUT2D eigenvalue weighted by Crippen LogP contribution is -2.37. The van der Waals surface area contributed by atoms with E-state index in [9.17, 15) is 24.6 Å². The predicted molar refractivity (Wildman–Crippen MR) is 153 cm³/mol. The van der Waals surface area contributed by atoms with E-state index in [0.717, 1.165) is 6.08 Å². The molecule has 218 valence electrons. The number of pyridine rings is 1. The van der Waals surface area contributed by atoms with E-state index in [1.165, 1.54) is 60.1 Å². The van der Waals surface area contributed by atoms with Crippen LogP contribution in [0.2, 0.25) is 0 Å². The third-order valence-corrected chi connectivity index (χ3v) is 5.60. The number of allylic oxidation sites excluding steroid dienone is 3. The number of rotatable bonds is 11. The highest BCUT2D eigenvalue weighted by atomic mass is 16.7. The van der Waals surface area contributed by atoms with Crippen molar-refractivity contribution in [2.24, 2.45) is 0 Å². The maximum absolute atomic E-state index is 12.3. The van der Waals surface area contributed by atoms with E-state index in [-0.39, 0.29) is 41.4 Å². The van der Waals surface area contributed by atoms with Crippen molar-refractivity contribution in [1.82, 2.24) is 4.90 Å². The second-order valence-electron chi connectivity index (χ2n) is 8.91. The first-order valence-electron chi connectivity index (χ1n) is 12.5. The monoisotopic (exact) mass is 575 g/mol. The summed E-state index contributed by atoms with van der Waals surface area (Å²) < 4.78 is 22.3. The van der Waals surface area contributed by atoms with Crippen LogP contribution in [0.5, 0.6) is 23.0 Å². The Morgan fingerprint density at radius 2 is 1.57 bits per heavy atom. The molecule has 11 heteroatoms. The summed E-state index contributed by atoms with van der Waals surface area (Å²) in [5.41, 5.74) is 1.65. The quantitative estimate of drug-likeness (QED) is 0.0856. The number of ether oxygens (including phenoxy) is 4. The molecule has 3 aromatic rings. The molecule has 0 fully saturated rings. The number of phenols is 1. The topological polar surface area (TPSA) is 136 Å². The third-order valence-electron chi connectivity index (χ3n) is 5.60. The van der Waals surface area contributed by atoms with Crippen molar-refractivity contribution in [3.05, 3.63) is 102 Å². The van der Waals surface area contributed by atoms with Crippen LogP contribution >= 0.6 is 0 Å². The SMILES string of the molecule is COc1cc(C=CC(=O)C=C(O)C=Cc2ccc(OC(=O)OC[n+]3cccc(C(=O)N(C)C)c3)c(OC)c2)ccc1O. The Bertz CT molecular complexity index is 1540. The molecule has 0 saturated heterocycles. The van der Waals surface area contributed by atoms with Crippen molar-refractivity contribution in [1.29, 1.82) is 0 Å².